The maximum atomic E-state index is 5.73. The van der Waals surface area contributed by atoms with E-state index in [4.69, 9.17) is 10.5 Å². The first kappa shape index (κ1) is 10.5. The van der Waals surface area contributed by atoms with Crippen molar-refractivity contribution in [3.63, 3.8) is 0 Å². The number of rotatable bonds is 4. The second kappa shape index (κ2) is 4.66. The average molecular weight is 209 g/mol. The molecular formula is C11H19N3O. The molecule has 84 valence electrons. The summed E-state index contributed by atoms with van der Waals surface area (Å²) in [4.78, 5) is 0. The van der Waals surface area contributed by atoms with Crippen LogP contribution in [0.1, 0.15) is 25.0 Å². The van der Waals surface area contributed by atoms with Crippen LogP contribution in [0.3, 0.4) is 0 Å². The number of aromatic nitrogens is 2. The molecule has 1 fully saturated rings. The van der Waals surface area contributed by atoms with Gasteiger partial charge in [0.2, 0.25) is 0 Å². The molecule has 15 heavy (non-hydrogen) atoms. The minimum atomic E-state index is 0.763. The fourth-order valence-corrected chi connectivity index (χ4v) is 2.00. The third-order valence-electron chi connectivity index (χ3n) is 3.01. The highest BCUT2D eigenvalue weighted by Gasteiger charge is 2.14. The van der Waals surface area contributed by atoms with Crippen molar-refractivity contribution in [2.24, 2.45) is 5.92 Å². The van der Waals surface area contributed by atoms with E-state index in [0.717, 1.165) is 43.5 Å². The molecule has 1 aromatic rings. The normalized spacial score (nSPS) is 21.0. The summed E-state index contributed by atoms with van der Waals surface area (Å²) in [5, 5.41) is 4.33. The Morgan fingerprint density at radius 3 is 3.13 bits per heavy atom. The number of aryl methyl sites for hydroxylation is 2. The Balaban J connectivity index is 1.73. The van der Waals surface area contributed by atoms with Gasteiger partial charge < -0.3 is 10.5 Å². The van der Waals surface area contributed by atoms with Crippen molar-refractivity contribution < 1.29 is 4.74 Å². The summed E-state index contributed by atoms with van der Waals surface area (Å²) >= 11 is 0. The van der Waals surface area contributed by atoms with E-state index in [0.29, 0.717) is 0 Å². The Morgan fingerprint density at radius 1 is 1.67 bits per heavy atom. The van der Waals surface area contributed by atoms with Crippen molar-refractivity contribution in [3.05, 3.63) is 11.9 Å². The smallest absolute Gasteiger partial charge is 0.0822 e. The molecule has 2 rings (SSSR count). The summed E-state index contributed by atoms with van der Waals surface area (Å²) in [6.07, 6.45) is 5.54. The van der Waals surface area contributed by atoms with Crippen molar-refractivity contribution in [1.82, 2.24) is 9.78 Å². The molecular weight excluding hydrogens is 190 g/mol. The fraction of sp³-hybridized carbons (Fsp3) is 0.727. The molecule has 0 aliphatic carbocycles. The van der Waals surface area contributed by atoms with Crippen LogP contribution < -0.4 is 5.73 Å². The zero-order valence-electron chi connectivity index (χ0n) is 9.28. The van der Waals surface area contributed by atoms with Crippen LogP contribution in [-0.2, 0) is 11.3 Å². The van der Waals surface area contributed by atoms with E-state index in [2.05, 4.69) is 5.10 Å². The van der Waals surface area contributed by atoms with E-state index in [1.807, 2.05) is 17.8 Å². The number of nitrogens with two attached hydrogens (primary N) is 1. The molecule has 0 aromatic carbocycles. The third kappa shape index (κ3) is 2.72. The van der Waals surface area contributed by atoms with Crippen molar-refractivity contribution in [2.45, 2.75) is 32.7 Å². The van der Waals surface area contributed by atoms with E-state index in [1.54, 1.807) is 0 Å². The van der Waals surface area contributed by atoms with Gasteiger partial charge in [0.1, 0.15) is 0 Å². The number of nitrogens with zero attached hydrogens (tertiary/aromatic N) is 2. The topological polar surface area (TPSA) is 53.1 Å². The van der Waals surface area contributed by atoms with Gasteiger partial charge in [-0.25, -0.2) is 0 Å². The van der Waals surface area contributed by atoms with Crippen LogP contribution in [0.2, 0.25) is 0 Å². The van der Waals surface area contributed by atoms with E-state index in [1.165, 1.54) is 12.8 Å². The highest BCUT2D eigenvalue weighted by molar-refractivity contribution is 5.39. The van der Waals surface area contributed by atoms with Gasteiger partial charge in [-0.3, -0.25) is 4.68 Å². The fourth-order valence-electron chi connectivity index (χ4n) is 2.00. The summed E-state index contributed by atoms with van der Waals surface area (Å²) in [6, 6.07) is 0. The number of hydrogen-bond acceptors (Lipinski definition) is 3. The van der Waals surface area contributed by atoms with E-state index in [9.17, 15) is 0 Å². The van der Waals surface area contributed by atoms with Gasteiger partial charge in [0.15, 0.2) is 0 Å². The van der Waals surface area contributed by atoms with Gasteiger partial charge in [-0.15, -0.1) is 0 Å². The molecule has 4 heteroatoms. The molecule has 1 aromatic heterocycles. The predicted molar refractivity (Wildman–Crippen MR) is 59.5 cm³/mol. The Kier molecular flexibility index (Phi) is 3.26. The van der Waals surface area contributed by atoms with Crippen LogP contribution in [0.25, 0.3) is 0 Å². The van der Waals surface area contributed by atoms with Gasteiger partial charge in [0.05, 0.1) is 11.4 Å². The highest BCUT2D eigenvalue weighted by atomic mass is 16.5. The van der Waals surface area contributed by atoms with Gasteiger partial charge >= 0.3 is 0 Å². The molecule has 0 bridgehead atoms. The van der Waals surface area contributed by atoms with Crippen LogP contribution in [0.5, 0.6) is 0 Å². The highest BCUT2D eigenvalue weighted by Crippen LogP contribution is 2.18. The lowest BCUT2D eigenvalue weighted by Crippen LogP contribution is -2.04. The first-order valence-electron chi connectivity index (χ1n) is 5.63. The van der Waals surface area contributed by atoms with Gasteiger partial charge in [0.25, 0.3) is 0 Å². The van der Waals surface area contributed by atoms with Gasteiger partial charge in [-0.05, 0) is 32.1 Å². The van der Waals surface area contributed by atoms with Crippen LogP contribution in [0.15, 0.2) is 6.20 Å². The maximum absolute atomic E-state index is 5.73. The second-order valence-electron chi connectivity index (χ2n) is 4.30. The lowest BCUT2D eigenvalue weighted by atomic mass is 10.0. The summed E-state index contributed by atoms with van der Waals surface area (Å²) in [5.41, 5.74) is 7.45. The Labute approximate surface area is 90.4 Å². The zero-order valence-corrected chi connectivity index (χ0v) is 9.28. The quantitative estimate of drug-likeness (QED) is 0.819. The minimum Gasteiger partial charge on any atom is -0.396 e. The van der Waals surface area contributed by atoms with Crippen LogP contribution in [0.4, 0.5) is 5.69 Å². The maximum Gasteiger partial charge on any atom is 0.0822 e. The van der Waals surface area contributed by atoms with Crippen molar-refractivity contribution in [1.29, 1.82) is 0 Å². The largest absolute Gasteiger partial charge is 0.396 e. The third-order valence-corrected chi connectivity index (χ3v) is 3.01. The van der Waals surface area contributed by atoms with Crippen molar-refractivity contribution >= 4 is 5.69 Å². The molecule has 0 radical (unpaired) electrons. The average Bonchev–Trinajstić information content (AvgIpc) is 2.79. The minimum absolute atomic E-state index is 0.763. The molecule has 1 atom stereocenters. The SMILES string of the molecule is Cc1nn(CCCC2CCOC2)cc1N. The van der Waals surface area contributed by atoms with Gasteiger partial charge in [0, 0.05) is 26.0 Å². The molecule has 2 N–H and O–H groups in total. The van der Waals surface area contributed by atoms with Gasteiger partial charge in [-0.2, -0.15) is 5.10 Å². The summed E-state index contributed by atoms with van der Waals surface area (Å²) in [6.45, 7) is 4.80. The van der Waals surface area contributed by atoms with E-state index < -0.39 is 0 Å². The van der Waals surface area contributed by atoms with Gasteiger partial charge in [-0.1, -0.05) is 0 Å². The molecule has 4 nitrogen and oxygen atoms in total. The number of nitrogen functional groups attached to an aromatic ring is 1. The summed E-state index contributed by atoms with van der Waals surface area (Å²) < 4.78 is 7.29. The lowest BCUT2D eigenvalue weighted by Gasteiger charge is -2.06. The second-order valence-corrected chi connectivity index (χ2v) is 4.30. The zero-order chi connectivity index (χ0) is 10.7. The van der Waals surface area contributed by atoms with E-state index >= 15 is 0 Å². The molecule has 1 aliphatic rings. The molecule has 0 spiro atoms. The van der Waals surface area contributed by atoms with Crippen molar-refractivity contribution in [3.8, 4) is 0 Å². The Hall–Kier alpha value is -1.03. The molecule has 1 unspecified atom stereocenters. The van der Waals surface area contributed by atoms with Crippen molar-refractivity contribution in [2.75, 3.05) is 18.9 Å². The molecule has 2 heterocycles. The standard InChI is InChI=1S/C11H19N3O/c1-9-11(12)7-14(13-9)5-2-3-10-4-6-15-8-10/h7,10H,2-6,8,12H2,1H3. The molecule has 0 saturated carbocycles. The Morgan fingerprint density at radius 2 is 2.53 bits per heavy atom. The monoisotopic (exact) mass is 209 g/mol. The van der Waals surface area contributed by atoms with E-state index in [-0.39, 0.29) is 0 Å². The number of ether oxygens (including phenoxy) is 1. The summed E-state index contributed by atoms with van der Waals surface area (Å²) in [7, 11) is 0. The summed E-state index contributed by atoms with van der Waals surface area (Å²) in [5.74, 6) is 0.763. The molecule has 1 saturated heterocycles. The van der Waals surface area contributed by atoms with Crippen LogP contribution >= 0.6 is 0 Å². The molecule has 0 amide bonds. The number of hydrogen-bond donors (Lipinski definition) is 1. The number of anilines is 1. The first-order chi connectivity index (χ1) is 7.25. The first-order valence-corrected chi connectivity index (χ1v) is 5.63. The Bertz CT molecular complexity index is 296. The van der Waals surface area contributed by atoms with Crippen LogP contribution in [-0.4, -0.2) is 23.0 Å². The lowest BCUT2D eigenvalue weighted by molar-refractivity contribution is 0.183. The van der Waals surface area contributed by atoms with Crippen LogP contribution in [0, 0.1) is 12.8 Å². The predicted octanol–water partition coefficient (Wildman–Crippen LogP) is 1.59. The molecule has 1 aliphatic heterocycles.